The molecule has 0 fully saturated rings. The molecule has 2 aromatic heterocycles. The lowest BCUT2D eigenvalue weighted by Gasteiger charge is -2.03. The third-order valence-electron chi connectivity index (χ3n) is 4.12. The van der Waals surface area contributed by atoms with Gasteiger partial charge in [0.2, 0.25) is 0 Å². The van der Waals surface area contributed by atoms with Gasteiger partial charge in [-0.3, -0.25) is 9.78 Å². The van der Waals surface area contributed by atoms with E-state index in [2.05, 4.69) is 21.5 Å². The van der Waals surface area contributed by atoms with Gasteiger partial charge >= 0.3 is 0 Å². The van der Waals surface area contributed by atoms with Crippen molar-refractivity contribution in [1.29, 1.82) is 0 Å². The first-order chi connectivity index (χ1) is 13.2. The van der Waals surface area contributed by atoms with Crippen molar-refractivity contribution in [3.63, 3.8) is 0 Å². The topological polar surface area (TPSA) is 68.0 Å². The highest BCUT2D eigenvalue weighted by atomic mass is 35.5. The molecule has 1 aromatic carbocycles. The van der Waals surface area contributed by atoms with Gasteiger partial charge in [-0.05, 0) is 35.7 Å². The third kappa shape index (κ3) is 4.23. The second kappa shape index (κ2) is 7.98. The van der Waals surface area contributed by atoms with Crippen molar-refractivity contribution in [2.24, 2.45) is 0 Å². The van der Waals surface area contributed by atoms with Gasteiger partial charge in [0.1, 0.15) is 5.69 Å². The number of benzene rings is 1. The summed E-state index contributed by atoms with van der Waals surface area (Å²) in [5, 5.41) is 6.97. The number of thioether (sulfide) groups is 1. The molecular weight excluding hydrogens is 382 g/mol. The number of carbonyl (C=O) groups excluding carboxylic acids is 1. The standard InChI is InChI=1S/C20H16ClN3O2S/c21-19-5-4-18(27-19)20(25)23-12-16-11-17(24-26-16)15-3-1-2-14(10-15)13-6-8-22-9-7-13/h1-4,6-11,19H,5,12H2,(H,23,25). The van der Waals surface area contributed by atoms with E-state index in [1.54, 1.807) is 12.4 Å². The van der Waals surface area contributed by atoms with Crippen LogP contribution in [-0.4, -0.2) is 20.8 Å². The van der Waals surface area contributed by atoms with E-state index < -0.39 is 0 Å². The molecule has 3 heterocycles. The number of carbonyl (C=O) groups is 1. The van der Waals surface area contributed by atoms with E-state index in [1.807, 2.05) is 42.5 Å². The number of amides is 1. The number of allylic oxidation sites excluding steroid dienone is 1. The zero-order valence-corrected chi connectivity index (χ0v) is 15.8. The van der Waals surface area contributed by atoms with Crippen molar-refractivity contribution in [3.05, 3.63) is 71.6 Å². The number of halogens is 1. The van der Waals surface area contributed by atoms with Crippen LogP contribution < -0.4 is 5.32 Å². The Morgan fingerprint density at radius 2 is 2.00 bits per heavy atom. The van der Waals surface area contributed by atoms with Crippen LogP contribution in [0.3, 0.4) is 0 Å². The molecule has 1 amide bonds. The van der Waals surface area contributed by atoms with Crippen LogP contribution in [0, 0.1) is 0 Å². The van der Waals surface area contributed by atoms with E-state index in [0.717, 1.165) is 22.4 Å². The lowest BCUT2D eigenvalue weighted by Crippen LogP contribution is -2.22. The smallest absolute Gasteiger partial charge is 0.257 e. The monoisotopic (exact) mass is 397 g/mol. The van der Waals surface area contributed by atoms with Crippen molar-refractivity contribution in [2.75, 3.05) is 0 Å². The Hall–Kier alpha value is -2.57. The number of aromatic nitrogens is 2. The molecule has 1 unspecified atom stereocenters. The highest BCUT2D eigenvalue weighted by molar-refractivity contribution is 8.05. The minimum absolute atomic E-state index is 0.0599. The van der Waals surface area contributed by atoms with Crippen LogP contribution in [0.4, 0.5) is 0 Å². The summed E-state index contributed by atoms with van der Waals surface area (Å²) in [5.74, 6) is 0.458. The Morgan fingerprint density at radius 3 is 2.78 bits per heavy atom. The SMILES string of the molecule is O=C(NCc1cc(-c2cccc(-c3ccncc3)c2)no1)C1=CCC(Cl)S1. The molecule has 5 nitrogen and oxygen atoms in total. The Labute approximate surface area is 165 Å². The van der Waals surface area contributed by atoms with Gasteiger partial charge < -0.3 is 9.84 Å². The Kier molecular flexibility index (Phi) is 5.27. The number of hydrogen-bond donors (Lipinski definition) is 1. The molecule has 1 atom stereocenters. The minimum Gasteiger partial charge on any atom is -0.359 e. The number of pyridine rings is 1. The molecule has 0 saturated carbocycles. The highest BCUT2D eigenvalue weighted by Gasteiger charge is 2.21. The molecule has 136 valence electrons. The summed E-state index contributed by atoms with van der Waals surface area (Å²) in [6.07, 6.45) is 6.09. The summed E-state index contributed by atoms with van der Waals surface area (Å²) < 4.78 is 5.31. The average Bonchev–Trinajstić information content (AvgIpc) is 3.36. The second-order valence-corrected chi connectivity index (χ2v) is 8.04. The molecule has 1 N–H and O–H groups in total. The van der Waals surface area contributed by atoms with Crippen molar-refractivity contribution < 1.29 is 9.32 Å². The Balaban J connectivity index is 1.44. The van der Waals surface area contributed by atoms with E-state index >= 15 is 0 Å². The Bertz CT molecular complexity index is 988. The van der Waals surface area contributed by atoms with Crippen molar-refractivity contribution in [1.82, 2.24) is 15.5 Å². The second-order valence-electron chi connectivity index (χ2n) is 6.01. The van der Waals surface area contributed by atoms with Gasteiger partial charge in [0.05, 0.1) is 16.2 Å². The van der Waals surface area contributed by atoms with Gasteiger partial charge in [-0.25, -0.2) is 0 Å². The maximum atomic E-state index is 12.1. The fraction of sp³-hybridized carbons (Fsp3) is 0.150. The van der Waals surface area contributed by atoms with Crippen LogP contribution in [-0.2, 0) is 11.3 Å². The maximum Gasteiger partial charge on any atom is 0.257 e. The summed E-state index contributed by atoms with van der Waals surface area (Å²) in [7, 11) is 0. The number of nitrogens with one attached hydrogen (secondary N) is 1. The van der Waals surface area contributed by atoms with Crippen LogP contribution in [0.2, 0.25) is 0 Å². The van der Waals surface area contributed by atoms with Crippen LogP contribution in [0.1, 0.15) is 12.2 Å². The van der Waals surface area contributed by atoms with E-state index in [0.29, 0.717) is 17.1 Å². The van der Waals surface area contributed by atoms with Crippen molar-refractivity contribution in [2.45, 2.75) is 17.7 Å². The molecule has 27 heavy (non-hydrogen) atoms. The minimum atomic E-state index is -0.138. The predicted octanol–water partition coefficient (Wildman–Crippen LogP) is 4.61. The number of hydrogen-bond acceptors (Lipinski definition) is 5. The van der Waals surface area contributed by atoms with Gasteiger partial charge in [-0.2, -0.15) is 0 Å². The molecule has 0 saturated heterocycles. The van der Waals surface area contributed by atoms with Crippen molar-refractivity contribution >= 4 is 29.3 Å². The largest absolute Gasteiger partial charge is 0.359 e. The Morgan fingerprint density at radius 1 is 1.19 bits per heavy atom. The molecule has 7 heteroatoms. The molecule has 0 aliphatic carbocycles. The van der Waals surface area contributed by atoms with Crippen LogP contribution in [0.25, 0.3) is 22.4 Å². The fourth-order valence-corrected chi connectivity index (χ4v) is 3.99. The van der Waals surface area contributed by atoms with E-state index in [-0.39, 0.29) is 17.2 Å². The lowest BCUT2D eigenvalue weighted by atomic mass is 10.0. The summed E-state index contributed by atoms with van der Waals surface area (Å²) in [4.78, 5) is 16.8. The number of nitrogens with zero attached hydrogens (tertiary/aromatic N) is 2. The first-order valence-electron chi connectivity index (χ1n) is 8.44. The van der Waals surface area contributed by atoms with E-state index in [9.17, 15) is 4.79 Å². The van der Waals surface area contributed by atoms with Crippen LogP contribution >= 0.6 is 23.4 Å². The lowest BCUT2D eigenvalue weighted by molar-refractivity contribution is -0.117. The van der Waals surface area contributed by atoms with Gasteiger partial charge in [0.25, 0.3) is 5.91 Å². The molecular formula is C20H16ClN3O2S. The summed E-state index contributed by atoms with van der Waals surface area (Å²) in [6.45, 7) is 0.279. The number of rotatable bonds is 5. The average molecular weight is 398 g/mol. The van der Waals surface area contributed by atoms with Gasteiger partial charge in [0, 0.05) is 24.0 Å². The summed E-state index contributed by atoms with van der Waals surface area (Å²) in [5.41, 5.74) is 3.84. The van der Waals surface area contributed by atoms with Crippen LogP contribution in [0.15, 0.2) is 70.4 Å². The number of alkyl halides is 1. The van der Waals surface area contributed by atoms with Gasteiger partial charge in [-0.1, -0.05) is 29.4 Å². The zero-order chi connectivity index (χ0) is 18.6. The van der Waals surface area contributed by atoms with E-state index in [1.165, 1.54) is 11.8 Å². The summed E-state index contributed by atoms with van der Waals surface area (Å²) >= 11 is 7.37. The normalized spacial score (nSPS) is 16.2. The third-order valence-corrected chi connectivity index (χ3v) is 5.62. The first kappa shape index (κ1) is 17.8. The zero-order valence-electron chi connectivity index (χ0n) is 14.3. The molecule has 0 bridgehead atoms. The molecule has 0 radical (unpaired) electrons. The summed E-state index contributed by atoms with van der Waals surface area (Å²) in [6, 6.07) is 13.8. The van der Waals surface area contributed by atoms with Crippen LogP contribution in [0.5, 0.6) is 0 Å². The highest BCUT2D eigenvalue weighted by Crippen LogP contribution is 2.34. The van der Waals surface area contributed by atoms with Gasteiger partial charge in [-0.15, -0.1) is 23.4 Å². The maximum absolute atomic E-state index is 12.1. The molecule has 1 aliphatic rings. The molecule has 1 aliphatic heterocycles. The fourth-order valence-electron chi connectivity index (χ4n) is 2.77. The van der Waals surface area contributed by atoms with Crippen molar-refractivity contribution in [3.8, 4) is 22.4 Å². The van der Waals surface area contributed by atoms with E-state index in [4.69, 9.17) is 16.1 Å². The molecule has 3 aromatic rings. The quantitative estimate of drug-likeness (QED) is 0.637. The predicted molar refractivity (Wildman–Crippen MR) is 107 cm³/mol. The first-order valence-corrected chi connectivity index (χ1v) is 9.76. The molecule has 4 rings (SSSR count). The molecule has 0 spiro atoms. The van der Waals surface area contributed by atoms with Gasteiger partial charge in [0.15, 0.2) is 5.76 Å².